The van der Waals surface area contributed by atoms with E-state index < -0.39 is 0 Å². The number of hydrogen-bond acceptors (Lipinski definition) is 5. The van der Waals surface area contributed by atoms with E-state index >= 15 is 0 Å². The van der Waals surface area contributed by atoms with E-state index in [2.05, 4.69) is 26.0 Å². The number of carbonyl (C=O) groups is 2. The van der Waals surface area contributed by atoms with Crippen molar-refractivity contribution in [2.45, 2.75) is 84.5 Å². The maximum Gasteiger partial charge on any atom is 0.302 e. The molecule has 0 aromatic heterocycles. The van der Waals surface area contributed by atoms with E-state index in [1.165, 1.54) is 25.0 Å². The molecule has 3 fully saturated rings. The van der Waals surface area contributed by atoms with Gasteiger partial charge in [-0.05, 0) is 37.5 Å². The fourth-order valence-electron chi connectivity index (χ4n) is 6.67. The van der Waals surface area contributed by atoms with Gasteiger partial charge in [0.15, 0.2) is 0 Å². The standard InChI is InChI=1S/C23H32O5/c1-13(24)27-16-11-15-5-6-17-18-7-8-20(26)22(18,3)10-9-19(17)23(15,4)21(12-16)28-14(2)25/h5-6,16,18-21,26H,7-12H2,1-4H3/t16-,18+,19+,20?,21+,22+,23+/m1/s1. The van der Waals surface area contributed by atoms with Crippen LogP contribution in [0.1, 0.15) is 66.2 Å². The number of hydrogen-bond donors (Lipinski definition) is 1. The number of aliphatic hydroxyl groups is 1. The second-order valence-electron chi connectivity index (χ2n) is 9.65. The zero-order valence-corrected chi connectivity index (χ0v) is 17.4. The van der Waals surface area contributed by atoms with E-state index in [-0.39, 0.29) is 41.1 Å². The third kappa shape index (κ3) is 2.85. The van der Waals surface area contributed by atoms with Gasteiger partial charge in [-0.3, -0.25) is 9.59 Å². The minimum atomic E-state index is -0.307. The van der Waals surface area contributed by atoms with Crippen LogP contribution in [0.15, 0.2) is 23.3 Å². The van der Waals surface area contributed by atoms with Crippen molar-refractivity contribution < 1.29 is 24.2 Å². The lowest BCUT2D eigenvalue weighted by Crippen LogP contribution is -2.54. The Balaban J connectivity index is 1.72. The topological polar surface area (TPSA) is 72.8 Å². The lowest BCUT2D eigenvalue weighted by molar-refractivity contribution is -0.165. The average molecular weight is 389 g/mol. The predicted molar refractivity (Wildman–Crippen MR) is 104 cm³/mol. The molecule has 5 heteroatoms. The minimum absolute atomic E-state index is 0.0457. The van der Waals surface area contributed by atoms with Crippen LogP contribution in [0.2, 0.25) is 0 Å². The molecule has 7 atom stereocenters. The lowest BCUT2D eigenvalue weighted by atomic mass is 9.50. The molecule has 5 nitrogen and oxygen atoms in total. The molecule has 0 amide bonds. The number of rotatable bonds is 2. The summed E-state index contributed by atoms with van der Waals surface area (Å²) in [7, 11) is 0. The summed E-state index contributed by atoms with van der Waals surface area (Å²) in [5.41, 5.74) is 2.31. The summed E-state index contributed by atoms with van der Waals surface area (Å²) >= 11 is 0. The van der Waals surface area contributed by atoms with Crippen LogP contribution in [0.5, 0.6) is 0 Å². The lowest BCUT2D eigenvalue weighted by Gasteiger charge is -2.56. The smallest absolute Gasteiger partial charge is 0.302 e. The zero-order chi connectivity index (χ0) is 20.3. The van der Waals surface area contributed by atoms with Gasteiger partial charge in [-0.1, -0.05) is 37.1 Å². The maximum absolute atomic E-state index is 11.9. The molecule has 3 saturated carbocycles. The van der Waals surface area contributed by atoms with Crippen LogP contribution in [-0.4, -0.2) is 35.4 Å². The summed E-state index contributed by atoms with van der Waals surface area (Å²) < 4.78 is 11.3. The van der Waals surface area contributed by atoms with Crippen molar-refractivity contribution in [2.24, 2.45) is 22.7 Å². The number of esters is 2. The first-order chi connectivity index (χ1) is 13.2. The molecule has 0 spiro atoms. The highest BCUT2D eigenvalue weighted by atomic mass is 16.6. The van der Waals surface area contributed by atoms with Crippen molar-refractivity contribution in [1.29, 1.82) is 0 Å². The average Bonchev–Trinajstić information content (AvgIpc) is 2.90. The van der Waals surface area contributed by atoms with Gasteiger partial charge in [0.2, 0.25) is 0 Å². The first-order valence-electron chi connectivity index (χ1n) is 10.6. The second-order valence-corrected chi connectivity index (χ2v) is 9.65. The molecule has 28 heavy (non-hydrogen) atoms. The molecular formula is C23H32O5. The predicted octanol–water partition coefficient (Wildman–Crippen LogP) is 3.70. The molecule has 0 saturated heterocycles. The number of aliphatic hydroxyl groups excluding tert-OH is 1. The van der Waals surface area contributed by atoms with Crippen molar-refractivity contribution in [3.05, 3.63) is 23.3 Å². The number of fused-ring (bicyclic) bond motifs is 5. The van der Waals surface area contributed by atoms with Gasteiger partial charge in [0.1, 0.15) is 12.2 Å². The van der Waals surface area contributed by atoms with Gasteiger partial charge in [-0.15, -0.1) is 0 Å². The zero-order valence-electron chi connectivity index (χ0n) is 17.4. The molecule has 0 heterocycles. The number of carbonyl (C=O) groups excluding carboxylic acids is 2. The van der Waals surface area contributed by atoms with E-state index in [0.29, 0.717) is 24.7 Å². The fourth-order valence-corrected chi connectivity index (χ4v) is 6.67. The van der Waals surface area contributed by atoms with E-state index in [4.69, 9.17) is 9.47 Å². The minimum Gasteiger partial charge on any atom is -0.462 e. The van der Waals surface area contributed by atoms with Gasteiger partial charge in [0, 0.05) is 37.5 Å². The molecule has 0 aromatic rings. The number of allylic oxidation sites excluding steroid dienone is 3. The van der Waals surface area contributed by atoms with Crippen LogP contribution in [0.4, 0.5) is 0 Å². The van der Waals surface area contributed by atoms with Gasteiger partial charge < -0.3 is 14.6 Å². The molecule has 1 unspecified atom stereocenters. The van der Waals surface area contributed by atoms with Crippen LogP contribution in [0.3, 0.4) is 0 Å². The SMILES string of the molecule is CC(=O)O[C@@H]1CC2=CC=C3[C@H](CC[C@]4(C)C(O)CC[C@@H]34)[C@@]2(C)[C@@H](OC(C)=O)C1. The Bertz CT molecular complexity index is 752. The van der Waals surface area contributed by atoms with Crippen molar-refractivity contribution >= 4 is 11.9 Å². The molecule has 1 N–H and O–H groups in total. The molecule has 0 aliphatic heterocycles. The summed E-state index contributed by atoms with van der Waals surface area (Å²) in [6.45, 7) is 7.33. The third-order valence-corrected chi connectivity index (χ3v) is 8.19. The Labute approximate surface area is 167 Å². The monoisotopic (exact) mass is 388 g/mol. The van der Waals surface area contributed by atoms with Crippen LogP contribution >= 0.6 is 0 Å². The Kier molecular flexibility index (Phi) is 4.72. The largest absolute Gasteiger partial charge is 0.462 e. The van der Waals surface area contributed by atoms with Crippen molar-refractivity contribution in [3.8, 4) is 0 Å². The Morgan fingerprint density at radius 1 is 1.04 bits per heavy atom. The van der Waals surface area contributed by atoms with Crippen LogP contribution < -0.4 is 0 Å². The molecule has 4 aliphatic rings. The van der Waals surface area contributed by atoms with Gasteiger partial charge >= 0.3 is 11.9 Å². The van der Waals surface area contributed by atoms with E-state index in [1.54, 1.807) is 0 Å². The summed E-state index contributed by atoms with van der Waals surface area (Å²) in [5.74, 6) is 0.108. The summed E-state index contributed by atoms with van der Waals surface area (Å²) in [5, 5.41) is 10.6. The van der Waals surface area contributed by atoms with E-state index in [0.717, 1.165) is 25.7 Å². The normalized spacial score (nSPS) is 44.4. The van der Waals surface area contributed by atoms with Crippen LogP contribution in [-0.2, 0) is 19.1 Å². The Morgan fingerprint density at radius 2 is 1.75 bits per heavy atom. The molecule has 0 radical (unpaired) electrons. The van der Waals surface area contributed by atoms with Crippen LogP contribution in [0, 0.1) is 22.7 Å². The molecule has 4 aliphatic carbocycles. The Morgan fingerprint density at radius 3 is 2.43 bits per heavy atom. The molecule has 0 aromatic carbocycles. The van der Waals surface area contributed by atoms with Gasteiger partial charge in [-0.2, -0.15) is 0 Å². The number of ether oxygens (including phenoxy) is 2. The van der Waals surface area contributed by atoms with Gasteiger partial charge in [0.25, 0.3) is 0 Å². The first-order valence-corrected chi connectivity index (χ1v) is 10.6. The third-order valence-electron chi connectivity index (χ3n) is 8.19. The highest BCUT2D eigenvalue weighted by Crippen LogP contribution is 2.63. The molecule has 4 rings (SSSR count). The summed E-state index contributed by atoms with van der Waals surface area (Å²) in [6.07, 6.45) is 8.73. The molecular weight excluding hydrogens is 356 g/mol. The van der Waals surface area contributed by atoms with Crippen molar-refractivity contribution in [3.63, 3.8) is 0 Å². The second kappa shape index (κ2) is 6.72. The van der Waals surface area contributed by atoms with E-state index in [1.807, 2.05) is 0 Å². The fraction of sp³-hybridized carbons (Fsp3) is 0.739. The first kappa shape index (κ1) is 19.7. The highest BCUT2D eigenvalue weighted by molar-refractivity contribution is 5.67. The van der Waals surface area contributed by atoms with Gasteiger partial charge in [0.05, 0.1) is 6.10 Å². The van der Waals surface area contributed by atoms with Crippen molar-refractivity contribution in [2.75, 3.05) is 0 Å². The molecule has 154 valence electrons. The highest BCUT2D eigenvalue weighted by Gasteiger charge is 2.59. The molecule has 0 bridgehead atoms. The maximum atomic E-state index is 11.9. The van der Waals surface area contributed by atoms with Crippen molar-refractivity contribution in [1.82, 2.24) is 0 Å². The Hall–Kier alpha value is -1.62. The summed E-state index contributed by atoms with van der Waals surface area (Å²) in [6, 6.07) is 0. The quantitative estimate of drug-likeness (QED) is 0.730. The van der Waals surface area contributed by atoms with Gasteiger partial charge in [-0.25, -0.2) is 0 Å². The van der Waals surface area contributed by atoms with Crippen LogP contribution in [0.25, 0.3) is 0 Å². The van der Waals surface area contributed by atoms with E-state index in [9.17, 15) is 14.7 Å². The summed E-state index contributed by atoms with van der Waals surface area (Å²) in [4.78, 5) is 23.4.